The van der Waals surface area contributed by atoms with Gasteiger partial charge in [-0.25, -0.2) is 0 Å². The van der Waals surface area contributed by atoms with Crippen LogP contribution in [0.1, 0.15) is 5.56 Å². The minimum absolute atomic E-state index is 0.00893. The number of aromatic nitrogens is 1. The molecule has 1 heterocycles. The molecule has 1 aromatic heterocycles. The zero-order valence-corrected chi connectivity index (χ0v) is 14.6. The summed E-state index contributed by atoms with van der Waals surface area (Å²) in [5.41, 5.74) is 4.22. The Labute approximate surface area is 155 Å². The minimum Gasteiger partial charge on any atom is -0.392 e. The molecule has 2 N–H and O–H groups in total. The Kier molecular flexibility index (Phi) is 4.33. The smallest absolute Gasteiger partial charge is 0.256 e. The van der Waals surface area contributed by atoms with E-state index < -0.39 is 0 Å². The Hall–Kier alpha value is -2.88. The third-order valence-corrected chi connectivity index (χ3v) is 4.66. The van der Waals surface area contributed by atoms with Gasteiger partial charge in [0, 0.05) is 16.1 Å². The highest BCUT2D eigenvalue weighted by Crippen LogP contribution is 2.26. The van der Waals surface area contributed by atoms with Crippen molar-refractivity contribution in [2.45, 2.75) is 6.61 Å². The van der Waals surface area contributed by atoms with Crippen molar-refractivity contribution in [2.75, 3.05) is 0 Å². The molecule has 128 valence electrons. The first-order valence-corrected chi connectivity index (χ1v) is 8.65. The molecule has 4 rings (SSSR count). The summed E-state index contributed by atoms with van der Waals surface area (Å²) in [7, 11) is 0. The first-order valence-electron chi connectivity index (χ1n) is 8.27. The lowest BCUT2D eigenvalue weighted by molar-refractivity contribution is 0.282. The van der Waals surface area contributed by atoms with Gasteiger partial charge in [-0.15, -0.1) is 0 Å². The van der Waals surface area contributed by atoms with E-state index >= 15 is 0 Å². The Morgan fingerprint density at radius 1 is 0.846 bits per heavy atom. The molecule has 3 aromatic carbocycles. The minimum atomic E-state index is -0.141. The normalized spacial score (nSPS) is 11.0. The highest BCUT2D eigenvalue weighted by Gasteiger charge is 2.07. The summed E-state index contributed by atoms with van der Waals surface area (Å²) in [5.74, 6) is 0. The summed E-state index contributed by atoms with van der Waals surface area (Å²) in [5, 5.41) is 11.4. The quantitative estimate of drug-likeness (QED) is 0.539. The molecule has 0 atom stereocenters. The fourth-order valence-corrected chi connectivity index (χ4v) is 3.29. The van der Waals surface area contributed by atoms with Gasteiger partial charge in [-0.1, -0.05) is 54.1 Å². The highest BCUT2D eigenvalue weighted by atomic mass is 35.5. The van der Waals surface area contributed by atoms with E-state index in [0.717, 1.165) is 33.3 Å². The number of halogens is 1. The van der Waals surface area contributed by atoms with Crippen LogP contribution in [0.2, 0.25) is 5.02 Å². The van der Waals surface area contributed by atoms with E-state index in [1.165, 1.54) is 0 Å². The number of hydrogen-bond acceptors (Lipinski definition) is 2. The Morgan fingerprint density at radius 2 is 1.62 bits per heavy atom. The van der Waals surface area contributed by atoms with E-state index in [9.17, 15) is 9.90 Å². The predicted octanol–water partition coefficient (Wildman–Crippen LogP) is 5.01. The van der Waals surface area contributed by atoms with Crippen LogP contribution in [-0.2, 0) is 6.61 Å². The standard InChI is InChI=1S/C22H16ClNO2/c23-19-6-2-5-18(10-19)21-12-17-8-7-16(11-20(17)22(26)24-21)15-4-1-3-14(9-15)13-25/h1-12,25H,13H2,(H,24,26). The van der Waals surface area contributed by atoms with Crippen LogP contribution in [0.5, 0.6) is 0 Å². The molecule has 0 unspecified atom stereocenters. The van der Waals surface area contributed by atoms with Crippen LogP contribution in [0.4, 0.5) is 0 Å². The van der Waals surface area contributed by atoms with E-state index in [1.54, 1.807) is 6.07 Å². The third-order valence-electron chi connectivity index (χ3n) is 4.42. The molecule has 0 saturated carbocycles. The van der Waals surface area contributed by atoms with Crippen LogP contribution in [-0.4, -0.2) is 10.1 Å². The molecule has 0 spiro atoms. The largest absolute Gasteiger partial charge is 0.392 e. The number of aromatic amines is 1. The first kappa shape index (κ1) is 16.6. The molecule has 0 radical (unpaired) electrons. The van der Waals surface area contributed by atoms with Crippen LogP contribution in [0.3, 0.4) is 0 Å². The van der Waals surface area contributed by atoms with Crippen molar-refractivity contribution >= 4 is 22.4 Å². The van der Waals surface area contributed by atoms with Gasteiger partial charge in [-0.05, 0) is 58.0 Å². The number of H-pyrrole nitrogens is 1. The van der Waals surface area contributed by atoms with Crippen molar-refractivity contribution < 1.29 is 5.11 Å². The van der Waals surface area contributed by atoms with E-state index in [0.29, 0.717) is 10.4 Å². The maximum absolute atomic E-state index is 12.6. The average molecular weight is 362 g/mol. The zero-order valence-electron chi connectivity index (χ0n) is 13.9. The van der Waals surface area contributed by atoms with Gasteiger partial charge >= 0.3 is 0 Å². The molecule has 0 fully saturated rings. The molecule has 4 aromatic rings. The van der Waals surface area contributed by atoms with Crippen LogP contribution in [0.25, 0.3) is 33.2 Å². The molecule has 0 aliphatic carbocycles. The molecule has 3 nitrogen and oxygen atoms in total. The van der Waals surface area contributed by atoms with Gasteiger partial charge in [0.25, 0.3) is 5.56 Å². The summed E-state index contributed by atoms with van der Waals surface area (Å²) in [4.78, 5) is 15.6. The molecular formula is C22H16ClNO2. The van der Waals surface area contributed by atoms with Gasteiger partial charge < -0.3 is 10.1 Å². The second-order valence-corrected chi connectivity index (χ2v) is 6.62. The van der Waals surface area contributed by atoms with E-state index in [4.69, 9.17) is 11.6 Å². The van der Waals surface area contributed by atoms with Crippen molar-refractivity contribution in [1.29, 1.82) is 0 Å². The number of aliphatic hydroxyl groups is 1. The number of hydrogen-bond donors (Lipinski definition) is 2. The Balaban J connectivity index is 1.84. The Bertz CT molecular complexity index is 1160. The highest BCUT2D eigenvalue weighted by molar-refractivity contribution is 6.30. The van der Waals surface area contributed by atoms with Crippen molar-refractivity contribution in [3.8, 4) is 22.4 Å². The average Bonchev–Trinajstić information content (AvgIpc) is 2.67. The second kappa shape index (κ2) is 6.79. The van der Waals surface area contributed by atoms with E-state index in [-0.39, 0.29) is 12.2 Å². The van der Waals surface area contributed by atoms with Gasteiger partial charge in [0.2, 0.25) is 0 Å². The van der Waals surface area contributed by atoms with Crippen LogP contribution in [0.15, 0.2) is 77.6 Å². The maximum Gasteiger partial charge on any atom is 0.256 e. The molecule has 26 heavy (non-hydrogen) atoms. The summed E-state index contributed by atoms with van der Waals surface area (Å²) in [6, 6.07) is 22.8. The van der Waals surface area contributed by atoms with Gasteiger partial charge in [-0.3, -0.25) is 4.79 Å². The van der Waals surface area contributed by atoms with Gasteiger partial charge in [0.05, 0.1) is 6.61 Å². The Morgan fingerprint density at radius 3 is 2.42 bits per heavy atom. The van der Waals surface area contributed by atoms with E-state index in [1.807, 2.05) is 66.7 Å². The zero-order chi connectivity index (χ0) is 18.1. The number of fused-ring (bicyclic) bond motifs is 1. The lowest BCUT2D eigenvalue weighted by atomic mass is 9.99. The fraction of sp³-hybridized carbons (Fsp3) is 0.0455. The SMILES string of the molecule is O=c1[nH]c(-c2cccc(Cl)c2)cc2ccc(-c3cccc(CO)c3)cc12. The number of aliphatic hydroxyl groups excluding tert-OH is 1. The van der Waals surface area contributed by atoms with Crippen molar-refractivity contribution in [1.82, 2.24) is 4.98 Å². The van der Waals surface area contributed by atoms with Crippen LogP contribution < -0.4 is 5.56 Å². The molecule has 4 heteroatoms. The number of rotatable bonds is 3. The molecule has 0 amide bonds. The van der Waals surface area contributed by atoms with Crippen LogP contribution in [0, 0.1) is 0 Å². The molecule has 0 aliphatic rings. The van der Waals surface area contributed by atoms with Gasteiger partial charge in [0.1, 0.15) is 0 Å². The van der Waals surface area contributed by atoms with E-state index in [2.05, 4.69) is 4.98 Å². The maximum atomic E-state index is 12.6. The number of nitrogens with one attached hydrogen (secondary N) is 1. The van der Waals surface area contributed by atoms with Crippen molar-refractivity contribution in [3.05, 3.63) is 93.7 Å². The summed E-state index contributed by atoms with van der Waals surface area (Å²) >= 11 is 6.06. The second-order valence-electron chi connectivity index (χ2n) is 6.18. The third kappa shape index (κ3) is 3.15. The van der Waals surface area contributed by atoms with Gasteiger partial charge in [-0.2, -0.15) is 0 Å². The lowest BCUT2D eigenvalue weighted by Crippen LogP contribution is -2.07. The number of benzene rings is 3. The lowest BCUT2D eigenvalue weighted by Gasteiger charge is -2.08. The first-order chi connectivity index (χ1) is 12.6. The fourth-order valence-electron chi connectivity index (χ4n) is 3.10. The molecular weight excluding hydrogens is 346 g/mol. The topological polar surface area (TPSA) is 53.1 Å². The van der Waals surface area contributed by atoms with Crippen molar-refractivity contribution in [3.63, 3.8) is 0 Å². The predicted molar refractivity (Wildman–Crippen MR) is 106 cm³/mol. The molecule has 0 bridgehead atoms. The van der Waals surface area contributed by atoms with Crippen LogP contribution >= 0.6 is 11.6 Å². The van der Waals surface area contributed by atoms with Gasteiger partial charge in [0.15, 0.2) is 0 Å². The molecule has 0 saturated heterocycles. The summed E-state index contributed by atoms with van der Waals surface area (Å²) in [6.07, 6.45) is 0. The molecule has 0 aliphatic heterocycles. The summed E-state index contributed by atoms with van der Waals surface area (Å²) in [6.45, 7) is -0.00893. The number of pyridine rings is 1. The summed E-state index contributed by atoms with van der Waals surface area (Å²) < 4.78 is 0. The monoisotopic (exact) mass is 361 g/mol. The van der Waals surface area contributed by atoms with Crippen molar-refractivity contribution in [2.24, 2.45) is 0 Å².